The minimum Gasteiger partial charge on any atom is -0.338 e. The molecule has 5 nitrogen and oxygen atoms in total. The smallest absolute Gasteiger partial charge is 0.245 e. The largest absolute Gasteiger partial charge is 0.338 e. The number of sulfonamides is 1. The number of benzene rings is 2. The molecule has 2 aromatic carbocycles. The Labute approximate surface area is 165 Å². The quantitative estimate of drug-likeness (QED) is 0.743. The highest BCUT2D eigenvalue weighted by Gasteiger charge is 2.34. The van der Waals surface area contributed by atoms with E-state index < -0.39 is 15.8 Å². The fourth-order valence-corrected chi connectivity index (χ4v) is 5.08. The Balaban J connectivity index is 1.64. The van der Waals surface area contributed by atoms with Crippen molar-refractivity contribution in [2.24, 2.45) is 5.92 Å². The van der Waals surface area contributed by atoms with Gasteiger partial charge in [0.05, 0.1) is 0 Å². The van der Waals surface area contributed by atoms with Crippen LogP contribution >= 0.6 is 0 Å². The van der Waals surface area contributed by atoms with Gasteiger partial charge in [-0.05, 0) is 37.5 Å². The first-order chi connectivity index (χ1) is 13.4. The number of piperidine rings is 1. The predicted octanol–water partition coefficient (Wildman–Crippen LogP) is 3.28. The Morgan fingerprint density at radius 2 is 1.68 bits per heavy atom. The van der Waals surface area contributed by atoms with Crippen LogP contribution in [0.2, 0.25) is 0 Å². The molecule has 0 saturated carbocycles. The van der Waals surface area contributed by atoms with Gasteiger partial charge in [-0.3, -0.25) is 4.79 Å². The standard InChI is InChI=1S/C21H25FN2O3S/c1-2-23(16-17-8-4-3-5-9-17)21(25)18-12-14-24(15-13-18)28(26,27)20-11-7-6-10-19(20)22/h3-11,18H,2,12-16H2,1H3. The molecule has 7 heteroatoms. The molecule has 0 atom stereocenters. The number of nitrogens with zero attached hydrogens (tertiary/aromatic N) is 2. The molecule has 0 radical (unpaired) electrons. The summed E-state index contributed by atoms with van der Waals surface area (Å²) in [5.41, 5.74) is 1.07. The van der Waals surface area contributed by atoms with E-state index in [4.69, 9.17) is 0 Å². The number of hydrogen-bond acceptors (Lipinski definition) is 3. The number of halogens is 1. The third kappa shape index (κ3) is 4.42. The van der Waals surface area contributed by atoms with Gasteiger partial charge in [0, 0.05) is 32.1 Å². The van der Waals surface area contributed by atoms with Crippen molar-refractivity contribution >= 4 is 15.9 Å². The van der Waals surface area contributed by atoms with Gasteiger partial charge in [-0.25, -0.2) is 12.8 Å². The number of carbonyl (C=O) groups excluding carboxylic acids is 1. The normalized spacial score (nSPS) is 16.1. The van der Waals surface area contributed by atoms with E-state index in [1.807, 2.05) is 37.3 Å². The van der Waals surface area contributed by atoms with Gasteiger partial charge in [0.25, 0.3) is 0 Å². The van der Waals surface area contributed by atoms with Crippen LogP contribution in [0.4, 0.5) is 4.39 Å². The Kier molecular flexibility index (Phi) is 6.46. The van der Waals surface area contributed by atoms with E-state index in [9.17, 15) is 17.6 Å². The summed E-state index contributed by atoms with van der Waals surface area (Å²) in [5, 5.41) is 0. The summed E-state index contributed by atoms with van der Waals surface area (Å²) in [6.07, 6.45) is 0.885. The molecule has 0 bridgehead atoms. The Hall–Kier alpha value is -2.25. The third-order valence-electron chi connectivity index (χ3n) is 5.17. The van der Waals surface area contributed by atoms with Crippen molar-refractivity contribution in [3.8, 4) is 0 Å². The van der Waals surface area contributed by atoms with E-state index >= 15 is 0 Å². The van der Waals surface area contributed by atoms with Crippen LogP contribution in [0.5, 0.6) is 0 Å². The Morgan fingerprint density at radius 1 is 1.07 bits per heavy atom. The van der Waals surface area contributed by atoms with Gasteiger partial charge in [-0.15, -0.1) is 0 Å². The lowest BCUT2D eigenvalue weighted by Gasteiger charge is -2.33. The molecule has 28 heavy (non-hydrogen) atoms. The molecular formula is C21H25FN2O3S. The van der Waals surface area contributed by atoms with Crippen LogP contribution in [0.3, 0.4) is 0 Å². The first kappa shape index (κ1) is 20.5. The summed E-state index contributed by atoms with van der Waals surface area (Å²) in [6, 6.07) is 15.2. The molecule has 2 aromatic rings. The second-order valence-corrected chi connectivity index (χ2v) is 8.85. The van der Waals surface area contributed by atoms with E-state index in [0.29, 0.717) is 25.9 Å². The maximum absolute atomic E-state index is 13.9. The van der Waals surface area contributed by atoms with Gasteiger partial charge in [0.15, 0.2) is 0 Å². The second-order valence-electron chi connectivity index (χ2n) is 6.95. The first-order valence-electron chi connectivity index (χ1n) is 9.51. The van der Waals surface area contributed by atoms with Crippen molar-refractivity contribution < 1.29 is 17.6 Å². The van der Waals surface area contributed by atoms with E-state index in [2.05, 4.69) is 0 Å². The first-order valence-corrected chi connectivity index (χ1v) is 10.9. The van der Waals surface area contributed by atoms with Gasteiger partial charge in [-0.1, -0.05) is 42.5 Å². The summed E-state index contributed by atoms with van der Waals surface area (Å²) in [5.74, 6) is -0.911. The molecular weight excluding hydrogens is 379 g/mol. The van der Waals surface area contributed by atoms with Gasteiger partial charge >= 0.3 is 0 Å². The van der Waals surface area contributed by atoms with Crippen LogP contribution < -0.4 is 0 Å². The van der Waals surface area contributed by atoms with Crippen LogP contribution in [0.1, 0.15) is 25.3 Å². The Bertz CT molecular complexity index is 910. The fraction of sp³-hybridized carbons (Fsp3) is 0.381. The summed E-state index contributed by atoms with van der Waals surface area (Å²) in [7, 11) is -3.88. The van der Waals surface area contributed by atoms with Crippen molar-refractivity contribution in [1.29, 1.82) is 0 Å². The molecule has 150 valence electrons. The van der Waals surface area contributed by atoms with Crippen molar-refractivity contribution in [3.63, 3.8) is 0 Å². The number of amides is 1. The van der Waals surface area contributed by atoms with Crippen LogP contribution in [-0.4, -0.2) is 43.2 Å². The van der Waals surface area contributed by atoms with E-state index in [-0.39, 0.29) is 29.8 Å². The van der Waals surface area contributed by atoms with Crippen LogP contribution in [0.15, 0.2) is 59.5 Å². The summed E-state index contributed by atoms with van der Waals surface area (Å²) >= 11 is 0. The molecule has 0 spiro atoms. The predicted molar refractivity (Wildman–Crippen MR) is 105 cm³/mol. The van der Waals surface area contributed by atoms with Crippen molar-refractivity contribution in [2.45, 2.75) is 31.2 Å². The van der Waals surface area contributed by atoms with Crippen molar-refractivity contribution in [1.82, 2.24) is 9.21 Å². The van der Waals surface area contributed by atoms with E-state index in [1.54, 1.807) is 4.90 Å². The molecule has 1 amide bonds. The zero-order valence-corrected chi connectivity index (χ0v) is 16.7. The molecule has 0 unspecified atom stereocenters. The lowest BCUT2D eigenvalue weighted by Crippen LogP contribution is -2.44. The molecule has 1 aliphatic heterocycles. The minimum absolute atomic E-state index is 0.0503. The maximum Gasteiger partial charge on any atom is 0.245 e. The van der Waals surface area contributed by atoms with Gasteiger partial charge in [0.2, 0.25) is 15.9 Å². The summed E-state index contributed by atoms with van der Waals surface area (Å²) < 4.78 is 40.6. The lowest BCUT2D eigenvalue weighted by molar-refractivity contribution is -0.137. The molecule has 3 rings (SSSR count). The average molecular weight is 405 g/mol. The highest BCUT2D eigenvalue weighted by molar-refractivity contribution is 7.89. The molecule has 0 aliphatic carbocycles. The molecule has 1 fully saturated rings. The van der Waals surface area contributed by atoms with Gasteiger partial charge in [0.1, 0.15) is 10.7 Å². The SMILES string of the molecule is CCN(Cc1ccccc1)C(=O)C1CCN(S(=O)(=O)c2ccccc2F)CC1. The maximum atomic E-state index is 13.9. The van der Waals surface area contributed by atoms with Crippen LogP contribution in [0.25, 0.3) is 0 Å². The average Bonchev–Trinajstić information content (AvgIpc) is 2.72. The fourth-order valence-electron chi connectivity index (χ4n) is 3.54. The number of carbonyl (C=O) groups is 1. The highest BCUT2D eigenvalue weighted by Crippen LogP contribution is 2.26. The second kappa shape index (κ2) is 8.84. The number of rotatable bonds is 6. The van der Waals surface area contributed by atoms with E-state index in [1.165, 1.54) is 22.5 Å². The molecule has 1 heterocycles. The third-order valence-corrected chi connectivity index (χ3v) is 7.10. The van der Waals surface area contributed by atoms with E-state index in [0.717, 1.165) is 11.6 Å². The summed E-state index contributed by atoms with van der Waals surface area (Å²) in [6.45, 7) is 3.52. The van der Waals surface area contributed by atoms with Crippen LogP contribution in [0, 0.1) is 11.7 Å². The zero-order valence-electron chi connectivity index (χ0n) is 15.9. The van der Waals surface area contributed by atoms with Gasteiger partial charge < -0.3 is 4.90 Å². The lowest BCUT2D eigenvalue weighted by atomic mass is 9.96. The molecule has 0 aromatic heterocycles. The molecule has 1 saturated heterocycles. The van der Waals surface area contributed by atoms with Crippen molar-refractivity contribution in [3.05, 3.63) is 66.0 Å². The van der Waals surface area contributed by atoms with Crippen LogP contribution in [-0.2, 0) is 21.4 Å². The highest BCUT2D eigenvalue weighted by atomic mass is 32.2. The van der Waals surface area contributed by atoms with Crippen molar-refractivity contribution in [2.75, 3.05) is 19.6 Å². The topological polar surface area (TPSA) is 57.7 Å². The monoisotopic (exact) mass is 404 g/mol. The number of hydrogen-bond donors (Lipinski definition) is 0. The Morgan fingerprint density at radius 3 is 2.29 bits per heavy atom. The van der Waals surface area contributed by atoms with Gasteiger partial charge in [-0.2, -0.15) is 4.31 Å². The summed E-state index contributed by atoms with van der Waals surface area (Å²) in [4.78, 5) is 14.4. The molecule has 1 aliphatic rings. The minimum atomic E-state index is -3.88. The zero-order chi connectivity index (χ0) is 20.1. The molecule has 0 N–H and O–H groups in total.